The number of likely N-dealkylation sites (tertiary alicyclic amines) is 1. The second-order valence-corrected chi connectivity index (χ2v) is 9.08. The normalized spacial score (nSPS) is 22.3. The molecular weight excluding hydrogens is 435 g/mol. The molecule has 2 saturated heterocycles. The number of fused-ring (bicyclic) bond motifs is 1. The van der Waals surface area contributed by atoms with Crippen molar-refractivity contribution in [1.29, 1.82) is 0 Å². The minimum atomic E-state index is -0.347. The molecule has 2 amide bonds. The first kappa shape index (κ1) is 24.1. The smallest absolute Gasteiger partial charge is 0.260 e. The fourth-order valence-electron chi connectivity index (χ4n) is 4.82. The number of rotatable bonds is 5. The minimum Gasteiger partial charge on any atom is -0.484 e. The van der Waals surface area contributed by atoms with Gasteiger partial charge in [0.25, 0.3) is 5.91 Å². The number of nitrogens with one attached hydrogen (secondary N) is 1. The molecule has 4 rings (SSSR count). The lowest BCUT2D eigenvalue weighted by Crippen LogP contribution is -2.58. The summed E-state index contributed by atoms with van der Waals surface area (Å²) in [6.45, 7) is 3.19. The molecule has 8 heteroatoms. The van der Waals surface area contributed by atoms with Crippen LogP contribution in [0.2, 0.25) is 0 Å². The predicted octanol–water partition coefficient (Wildman–Crippen LogP) is 3.01. The molecule has 2 aromatic rings. The van der Waals surface area contributed by atoms with Gasteiger partial charge in [-0.1, -0.05) is 12.8 Å². The van der Waals surface area contributed by atoms with Crippen LogP contribution in [-0.2, 0) is 16.1 Å². The molecule has 1 aromatic heterocycles. The van der Waals surface area contributed by atoms with Crippen molar-refractivity contribution in [2.75, 3.05) is 32.8 Å². The van der Waals surface area contributed by atoms with Crippen LogP contribution in [-0.4, -0.2) is 65.4 Å². The zero-order chi connectivity index (χ0) is 23.8. The summed E-state index contributed by atoms with van der Waals surface area (Å²) < 4.78 is 18.7. The molecule has 7 nitrogen and oxygen atoms in total. The summed E-state index contributed by atoms with van der Waals surface area (Å²) in [7, 11) is 0. The number of halogens is 1. The zero-order valence-corrected chi connectivity index (χ0v) is 19.5. The van der Waals surface area contributed by atoms with Crippen molar-refractivity contribution in [1.82, 2.24) is 20.1 Å². The van der Waals surface area contributed by atoms with Crippen LogP contribution in [0.1, 0.15) is 37.7 Å². The Kier molecular flexibility index (Phi) is 8.46. The average molecular weight is 469 g/mol. The molecule has 2 aliphatic rings. The highest BCUT2D eigenvalue weighted by Crippen LogP contribution is 2.26. The van der Waals surface area contributed by atoms with Gasteiger partial charge in [-0.05, 0) is 67.8 Å². The number of hydrogen-bond acceptors (Lipinski definition) is 5. The molecule has 0 bridgehead atoms. The van der Waals surface area contributed by atoms with Gasteiger partial charge in [0, 0.05) is 44.6 Å². The van der Waals surface area contributed by atoms with Crippen molar-refractivity contribution in [3.63, 3.8) is 0 Å². The molecule has 2 atom stereocenters. The van der Waals surface area contributed by atoms with E-state index in [-0.39, 0.29) is 36.2 Å². The van der Waals surface area contributed by atoms with Crippen LogP contribution < -0.4 is 10.1 Å². The van der Waals surface area contributed by atoms with Gasteiger partial charge in [0.2, 0.25) is 5.91 Å². The number of carbonyl (C=O) groups is 2. The van der Waals surface area contributed by atoms with E-state index in [1.165, 1.54) is 24.3 Å². The zero-order valence-electron chi connectivity index (χ0n) is 19.5. The molecule has 0 unspecified atom stereocenters. The first-order valence-corrected chi connectivity index (χ1v) is 12.2. The molecule has 2 aliphatic heterocycles. The summed E-state index contributed by atoms with van der Waals surface area (Å²) in [4.78, 5) is 34.4. The maximum atomic E-state index is 13.1. The number of pyridine rings is 1. The molecule has 2 fully saturated rings. The summed E-state index contributed by atoms with van der Waals surface area (Å²) in [5, 5.41) is 3.12. The van der Waals surface area contributed by atoms with Gasteiger partial charge in [0.15, 0.2) is 6.61 Å². The van der Waals surface area contributed by atoms with E-state index in [2.05, 4.69) is 15.2 Å². The lowest BCUT2D eigenvalue weighted by atomic mass is 9.88. The lowest BCUT2D eigenvalue weighted by molar-refractivity contribution is -0.140. The number of hydrogen-bond donors (Lipinski definition) is 1. The standard InChI is InChI=1S/C26H33FN4O3/c27-21-5-7-22(8-6-21)34-19-25(32)31-16-11-23-24(18-31)30(17-20-9-13-28-14-10-20)15-4-2-1-3-12-29-26(23)33/h5-10,13-14,23-24H,1-4,11-12,15-19H2,(H,29,33)/t23-,24-/m1/s1. The molecular formula is C26H33FN4O3. The van der Waals surface area contributed by atoms with E-state index >= 15 is 0 Å². The lowest BCUT2D eigenvalue weighted by Gasteiger charge is -2.43. The second-order valence-electron chi connectivity index (χ2n) is 9.08. The van der Waals surface area contributed by atoms with Crippen LogP contribution in [0.5, 0.6) is 5.75 Å². The maximum absolute atomic E-state index is 13.1. The van der Waals surface area contributed by atoms with Crippen LogP contribution in [0.15, 0.2) is 48.8 Å². The van der Waals surface area contributed by atoms with Crippen molar-refractivity contribution in [2.45, 2.75) is 44.7 Å². The van der Waals surface area contributed by atoms with Gasteiger partial charge >= 0.3 is 0 Å². The Labute approximate surface area is 200 Å². The molecule has 0 spiro atoms. The van der Waals surface area contributed by atoms with Gasteiger partial charge in [0.1, 0.15) is 11.6 Å². The van der Waals surface area contributed by atoms with Crippen molar-refractivity contribution < 1.29 is 18.7 Å². The van der Waals surface area contributed by atoms with E-state index in [0.717, 1.165) is 37.8 Å². The third kappa shape index (κ3) is 6.53. The number of aromatic nitrogens is 1. The Morgan fingerprint density at radius 1 is 1.06 bits per heavy atom. The average Bonchev–Trinajstić information content (AvgIpc) is 2.89. The van der Waals surface area contributed by atoms with Crippen LogP contribution in [0.25, 0.3) is 0 Å². The van der Waals surface area contributed by atoms with Gasteiger partial charge < -0.3 is 15.0 Å². The van der Waals surface area contributed by atoms with E-state index in [0.29, 0.717) is 38.3 Å². The van der Waals surface area contributed by atoms with E-state index in [1.807, 2.05) is 12.1 Å². The fraction of sp³-hybridized carbons (Fsp3) is 0.500. The Balaban J connectivity index is 1.48. The first-order chi connectivity index (χ1) is 16.6. The third-order valence-corrected chi connectivity index (χ3v) is 6.72. The molecule has 0 radical (unpaired) electrons. The summed E-state index contributed by atoms with van der Waals surface area (Å²) in [6.07, 6.45) is 8.47. The summed E-state index contributed by atoms with van der Waals surface area (Å²) in [5.41, 5.74) is 1.15. The van der Waals surface area contributed by atoms with Gasteiger partial charge in [-0.15, -0.1) is 0 Å². The highest BCUT2D eigenvalue weighted by Gasteiger charge is 2.39. The molecule has 34 heavy (non-hydrogen) atoms. The van der Waals surface area contributed by atoms with E-state index in [4.69, 9.17) is 4.74 Å². The SMILES string of the molecule is O=C1NCCCCCCN(Cc2ccncc2)[C@@H]2CN(C(=O)COc3ccc(F)cc3)CC[C@@H]12. The monoisotopic (exact) mass is 468 g/mol. The largest absolute Gasteiger partial charge is 0.484 e. The third-order valence-electron chi connectivity index (χ3n) is 6.72. The first-order valence-electron chi connectivity index (χ1n) is 12.2. The predicted molar refractivity (Wildman–Crippen MR) is 126 cm³/mol. The number of amides is 2. The van der Waals surface area contributed by atoms with E-state index < -0.39 is 0 Å². The Morgan fingerprint density at radius 2 is 1.82 bits per heavy atom. The molecule has 182 valence electrons. The van der Waals surface area contributed by atoms with Crippen molar-refractivity contribution in [3.8, 4) is 5.75 Å². The van der Waals surface area contributed by atoms with Gasteiger partial charge in [0.05, 0.1) is 5.92 Å². The summed E-state index contributed by atoms with van der Waals surface area (Å²) >= 11 is 0. The quantitative estimate of drug-likeness (QED) is 0.730. The van der Waals surface area contributed by atoms with Crippen LogP contribution >= 0.6 is 0 Å². The number of benzene rings is 1. The second kappa shape index (κ2) is 11.9. The number of carbonyl (C=O) groups excluding carboxylic acids is 2. The van der Waals surface area contributed by atoms with Crippen molar-refractivity contribution in [2.24, 2.45) is 5.92 Å². The van der Waals surface area contributed by atoms with Gasteiger partial charge in [-0.2, -0.15) is 0 Å². The molecule has 1 N–H and O–H groups in total. The molecule has 1 aromatic carbocycles. The topological polar surface area (TPSA) is 74.8 Å². The van der Waals surface area contributed by atoms with Crippen molar-refractivity contribution in [3.05, 3.63) is 60.2 Å². The summed E-state index contributed by atoms with van der Waals surface area (Å²) in [5.74, 6) is -0.0944. The van der Waals surface area contributed by atoms with Gasteiger partial charge in [-0.3, -0.25) is 19.5 Å². The van der Waals surface area contributed by atoms with E-state index in [1.54, 1.807) is 17.3 Å². The minimum absolute atomic E-state index is 0.0743. The highest BCUT2D eigenvalue weighted by atomic mass is 19.1. The van der Waals surface area contributed by atoms with Gasteiger partial charge in [-0.25, -0.2) is 4.39 Å². The number of nitrogens with zero attached hydrogens (tertiary/aromatic N) is 3. The van der Waals surface area contributed by atoms with Crippen LogP contribution in [0.4, 0.5) is 4.39 Å². The Hall–Kier alpha value is -3.00. The molecule has 0 saturated carbocycles. The fourth-order valence-corrected chi connectivity index (χ4v) is 4.82. The van der Waals surface area contributed by atoms with Crippen molar-refractivity contribution >= 4 is 11.8 Å². The summed E-state index contributed by atoms with van der Waals surface area (Å²) in [6, 6.07) is 9.58. The van der Waals surface area contributed by atoms with Crippen LogP contribution in [0, 0.1) is 11.7 Å². The number of piperidine rings is 1. The number of ether oxygens (including phenoxy) is 1. The van der Waals surface area contributed by atoms with Crippen LogP contribution in [0.3, 0.4) is 0 Å². The Bertz CT molecular complexity index is 941. The maximum Gasteiger partial charge on any atom is 0.260 e. The van der Waals surface area contributed by atoms with E-state index in [9.17, 15) is 14.0 Å². The molecule has 0 aliphatic carbocycles. The Morgan fingerprint density at radius 3 is 2.62 bits per heavy atom. The molecule has 3 heterocycles. The highest BCUT2D eigenvalue weighted by molar-refractivity contribution is 5.81.